The van der Waals surface area contributed by atoms with Gasteiger partial charge in [-0.2, -0.15) is 0 Å². The molecule has 5 heteroatoms. The van der Waals surface area contributed by atoms with Crippen molar-refractivity contribution < 1.29 is 14.6 Å². The van der Waals surface area contributed by atoms with Crippen molar-refractivity contribution in [3.63, 3.8) is 0 Å². The second-order valence-corrected chi connectivity index (χ2v) is 4.01. The minimum Gasteiger partial charge on any atom is -0.485 e. The third-order valence-electron chi connectivity index (χ3n) is 2.73. The minimum absolute atomic E-state index is 0.0500. The smallest absolute Gasteiger partial charge is 0.303 e. The van der Waals surface area contributed by atoms with Gasteiger partial charge in [0.25, 0.3) is 5.56 Å². The van der Waals surface area contributed by atoms with Crippen molar-refractivity contribution in [3.8, 4) is 5.75 Å². The molecule has 1 aromatic rings. The summed E-state index contributed by atoms with van der Waals surface area (Å²) in [6, 6.07) is 1.67. The molecule has 0 bridgehead atoms. The molecule has 1 aromatic heterocycles. The van der Waals surface area contributed by atoms with E-state index in [0.717, 1.165) is 5.57 Å². The molecule has 2 N–H and O–H groups in total. The van der Waals surface area contributed by atoms with E-state index in [1.165, 1.54) is 6.20 Å². The number of hydrogen-bond donors (Lipinski definition) is 2. The van der Waals surface area contributed by atoms with Gasteiger partial charge in [0.15, 0.2) is 0 Å². The average Bonchev–Trinajstić information content (AvgIpc) is 2.28. The number of carbonyl (C=O) groups is 1. The first-order valence-corrected chi connectivity index (χ1v) is 5.36. The lowest BCUT2D eigenvalue weighted by molar-refractivity contribution is -0.137. The summed E-state index contributed by atoms with van der Waals surface area (Å²) in [5.41, 5.74) is 1.17. The number of fused-ring (bicyclic) bond motifs is 1. The fraction of sp³-hybridized carbons (Fsp3) is 0.333. The van der Waals surface area contributed by atoms with Crippen molar-refractivity contribution in [2.24, 2.45) is 0 Å². The molecule has 0 saturated carbocycles. The molecule has 1 aliphatic heterocycles. The highest BCUT2D eigenvalue weighted by molar-refractivity contribution is 5.67. The van der Waals surface area contributed by atoms with Crippen LogP contribution in [0, 0.1) is 0 Å². The Hall–Kier alpha value is -2.04. The standard InChI is InChI=1S/C12H13NO4/c1-7-6-8-10(4-5-13-12(8)16)17-9(7)2-3-11(14)15/h4-6,9H,2-3H2,1H3,(H,13,16)(H,14,15). The third kappa shape index (κ3) is 2.38. The van der Waals surface area contributed by atoms with Gasteiger partial charge in [0.05, 0.1) is 5.56 Å². The van der Waals surface area contributed by atoms with E-state index in [1.54, 1.807) is 12.1 Å². The largest absolute Gasteiger partial charge is 0.485 e. The van der Waals surface area contributed by atoms with E-state index in [1.807, 2.05) is 6.92 Å². The van der Waals surface area contributed by atoms with Crippen molar-refractivity contribution in [2.75, 3.05) is 0 Å². The van der Waals surface area contributed by atoms with Crippen LogP contribution in [0.3, 0.4) is 0 Å². The summed E-state index contributed by atoms with van der Waals surface area (Å²) in [7, 11) is 0. The minimum atomic E-state index is -0.849. The van der Waals surface area contributed by atoms with Gasteiger partial charge in [0.1, 0.15) is 11.9 Å². The second-order valence-electron chi connectivity index (χ2n) is 4.01. The third-order valence-corrected chi connectivity index (χ3v) is 2.73. The van der Waals surface area contributed by atoms with Gasteiger partial charge >= 0.3 is 5.97 Å². The predicted molar refractivity (Wildman–Crippen MR) is 62.0 cm³/mol. The Morgan fingerprint density at radius 2 is 2.35 bits per heavy atom. The Bertz CT molecular complexity index is 530. The zero-order chi connectivity index (χ0) is 12.4. The van der Waals surface area contributed by atoms with Gasteiger partial charge in [-0.3, -0.25) is 9.59 Å². The summed E-state index contributed by atoms with van der Waals surface area (Å²) in [6.07, 6.45) is 3.47. The first kappa shape index (κ1) is 11.4. The normalized spacial score (nSPS) is 17.9. The van der Waals surface area contributed by atoms with Crippen molar-refractivity contribution >= 4 is 12.0 Å². The van der Waals surface area contributed by atoms with Gasteiger partial charge in [0.2, 0.25) is 0 Å². The summed E-state index contributed by atoms with van der Waals surface area (Å²) >= 11 is 0. The van der Waals surface area contributed by atoms with E-state index < -0.39 is 5.97 Å². The quantitative estimate of drug-likeness (QED) is 0.830. The van der Waals surface area contributed by atoms with Crippen LogP contribution in [-0.2, 0) is 4.79 Å². The number of nitrogens with one attached hydrogen (secondary N) is 1. The van der Waals surface area contributed by atoms with E-state index in [9.17, 15) is 9.59 Å². The maximum Gasteiger partial charge on any atom is 0.303 e. The number of carboxylic acids is 1. The second kappa shape index (κ2) is 4.45. The predicted octanol–water partition coefficient (Wildman–Crippen LogP) is 1.40. The fourth-order valence-corrected chi connectivity index (χ4v) is 1.82. The van der Waals surface area contributed by atoms with Gasteiger partial charge in [-0.15, -0.1) is 0 Å². The molecular weight excluding hydrogens is 222 g/mol. The summed E-state index contributed by atoms with van der Waals surface area (Å²) in [4.78, 5) is 24.6. The zero-order valence-corrected chi connectivity index (χ0v) is 9.40. The van der Waals surface area contributed by atoms with Crippen LogP contribution in [0.15, 0.2) is 22.6 Å². The Morgan fingerprint density at radius 3 is 3.06 bits per heavy atom. The summed E-state index contributed by atoms with van der Waals surface area (Å²) < 4.78 is 5.62. The van der Waals surface area contributed by atoms with Crippen LogP contribution < -0.4 is 10.3 Å². The Kier molecular flexibility index (Phi) is 2.99. The Labute approximate surface area is 97.7 Å². The summed E-state index contributed by atoms with van der Waals surface area (Å²) in [5, 5.41) is 8.64. The highest BCUT2D eigenvalue weighted by atomic mass is 16.5. The van der Waals surface area contributed by atoms with Crippen LogP contribution in [-0.4, -0.2) is 22.2 Å². The lowest BCUT2D eigenvalue weighted by Gasteiger charge is -2.24. The molecule has 0 spiro atoms. The van der Waals surface area contributed by atoms with Crippen molar-refractivity contribution in [2.45, 2.75) is 25.9 Å². The van der Waals surface area contributed by atoms with Crippen molar-refractivity contribution in [1.82, 2.24) is 4.98 Å². The maximum atomic E-state index is 11.5. The average molecular weight is 235 g/mol. The highest BCUT2D eigenvalue weighted by Gasteiger charge is 2.21. The van der Waals surface area contributed by atoms with Crippen molar-refractivity contribution in [3.05, 3.63) is 33.8 Å². The maximum absolute atomic E-state index is 11.5. The molecule has 0 fully saturated rings. The molecule has 90 valence electrons. The van der Waals surface area contributed by atoms with Crippen LogP contribution >= 0.6 is 0 Å². The van der Waals surface area contributed by atoms with Crippen molar-refractivity contribution in [1.29, 1.82) is 0 Å². The summed E-state index contributed by atoms with van der Waals surface area (Å²) in [5.74, 6) is -0.340. The molecule has 17 heavy (non-hydrogen) atoms. The molecule has 1 atom stereocenters. The molecule has 5 nitrogen and oxygen atoms in total. The Balaban J connectivity index is 2.24. The van der Waals surface area contributed by atoms with Gasteiger partial charge in [0, 0.05) is 12.6 Å². The first-order chi connectivity index (χ1) is 8.08. The van der Waals surface area contributed by atoms with Gasteiger partial charge in [-0.05, 0) is 31.1 Å². The molecule has 2 heterocycles. The van der Waals surface area contributed by atoms with Crippen LogP contribution in [0.1, 0.15) is 25.3 Å². The topological polar surface area (TPSA) is 79.4 Å². The zero-order valence-electron chi connectivity index (χ0n) is 9.40. The Morgan fingerprint density at radius 1 is 1.59 bits per heavy atom. The molecule has 1 aliphatic rings. The fourth-order valence-electron chi connectivity index (χ4n) is 1.82. The molecule has 0 amide bonds. The lowest BCUT2D eigenvalue weighted by atomic mass is 10.0. The number of aromatic nitrogens is 1. The van der Waals surface area contributed by atoms with Gasteiger partial charge in [-0.25, -0.2) is 0 Å². The monoisotopic (exact) mass is 235 g/mol. The number of aromatic amines is 1. The van der Waals surface area contributed by atoms with Crippen LogP contribution in [0.4, 0.5) is 0 Å². The SMILES string of the molecule is CC1=Cc2c(cc[nH]c2=O)OC1CCC(=O)O. The van der Waals surface area contributed by atoms with Gasteiger partial charge < -0.3 is 14.8 Å². The molecular formula is C12H13NO4. The van der Waals surface area contributed by atoms with E-state index >= 15 is 0 Å². The number of ether oxygens (including phenoxy) is 1. The van der Waals surface area contributed by atoms with Crippen LogP contribution in [0.2, 0.25) is 0 Å². The first-order valence-electron chi connectivity index (χ1n) is 5.36. The lowest BCUT2D eigenvalue weighted by Crippen LogP contribution is -2.25. The highest BCUT2D eigenvalue weighted by Crippen LogP contribution is 2.28. The van der Waals surface area contributed by atoms with E-state index in [2.05, 4.69) is 4.98 Å². The molecule has 0 saturated heterocycles. The van der Waals surface area contributed by atoms with Gasteiger partial charge in [-0.1, -0.05) is 0 Å². The van der Waals surface area contributed by atoms with E-state index in [-0.39, 0.29) is 18.1 Å². The molecule has 0 aromatic carbocycles. The molecule has 0 radical (unpaired) electrons. The number of aliphatic carboxylic acids is 1. The van der Waals surface area contributed by atoms with Crippen LogP contribution in [0.5, 0.6) is 5.75 Å². The number of H-pyrrole nitrogens is 1. The number of rotatable bonds is 3. The van der Waals surface area contributed by atoms with E-state index in [4.69, 9.17) is 9.84 Å². The van der Waals surface area contributed by atoms with E-state index in [0.29, 0.717) is 17.7 Å². The number of carboxylic acid groups (broad SMARTS) is 1. The summed E-state index contributed by atoms with van der Waals surface area (Å²) in [6.45, 7) is 1.84. The molecule has 0 aliphatic carbocycles. The van der Waals surface area contributed by atoms with Crippen LogP contribution in [0.25, 0.3) is 6.08 Å². The molecule has 2 rings (SSSR count). The number of pyridine rings is 1. The number of hydrogen-bond acceptors (Lipinski definition) is 3. The molecule has 1 unspecified atom stereocenters.